The van der Waals surface area contributed by atoms with Gasteiger partial charge in [-0.1, -0.05) is 0 Å². The second-order valence-electron chi connectivity index (χ2n) is 4.27. The SMILES string of the molecule is Cc1cc(C#N)nc(NCCCCN(C)C)n1. The average Bonchev–Trinajstić information content (AvgIpc) is 2.27. The molecule has 1 heterocycles. The van der Waals surface area contributed by atoms with E-state index in [0.717, 1.165) is 31.6 Å². The monoisotopic (exact) mass is 233 g/mol. The van der Waals surface area contributed by atoms with Crippen LogP contribution in [0.15, 0.2) is 6.07 Å². The van der Waals surface area contributed by atoms with Gasteiger partial charge in [-0.05, 0) is 46.5 Å². The van der Waals surface area contributed by atoms with Gasteiger partial charge in [-0.3, -0.25) is 0 Å². The van der Waals surface area contributed by atoms with Gasteiger partial charge in [0.15, 0.2) is 0 Å². The van der Waals surface area contributed by atoms with E-state index in [1.165, 1.54) is 0 Å². The number of aryl methyl sites for hydroxylation is 1. The number of nitriles is 1. The van der Waals surface area contributed by atoms with E-state index < -0.39 is 0 Å². The van der Waals surface area contributed by atoms with E-state index in [9.17, 15) is 0 Å². The van der Waals surface area contributed by atoms with Crippen molar-refractivity contribution in [2.45, 2.75) is 19.8 Å². The summed E-state index contributed by atoms with van der Waals surface area (Å²) in [6, 6.07) is 3.70. The van der Waals surface area contributed by atoms with Crippen molar-refractivity contribution in [3.05, 3.63) is 17.5 Å². The Balaban J connectivity index is 2.37. The number of nitrogens with zero attached hydrogens (tertiary/aromatic N) is 4. The van der Waals surface area contributed by atoms with Crippen molar-refractivity contribution >= 4 is 5.95 Å². The minimum absolute atomic E-state index is 0.410. The summed E-state index contributed by atoms with van der Waals surface area (Å²) in [5, 5.41) is 11.9. The fourth-order valence-electron chi connectivity index (χ4n) is 1.46. The van der Waals surface area contributed by atoms with E-state index in [4.69, 9.17) is 5.26 Å². The summed E-state index contributed by atoms with van der Waals surface area (Å²) in [5.74, 6) is 0.548. The first-order chi connectivity index (χ1) is 8.11. The van der Waals surface area contributed by atoms with Crippen molar-refractivity contribution in [2.24, 2.45) is 0 Å². The summed E-state index contributed by atoms with van der Waals surface area (Å²) >= 11 is 0. The van der Waals surface area contributed by atoms with Crippen LogP contribution in [-0.4, -0.2) is 42.1 Å². The van der Waals surface area contributed by atoms with E-state index >= 15 is 0 Å². The Morgan fingerprint density at radius 3 is 2.76 bits per heavy atom. The molecule has 5 heteroatoms. The first-order valence-electron chi connectivity index (χ1n) is 5.76. The lowest BCUT2D eigenvalue weighted by molar-refractivity contribution is 0.396. The van der Waals surface area contributed by atoms with Crippen LogP contribution in [0.4, 0.5) is 5.95 Å². The molecule has 92 valence electrons. The number of aromatic nitrogens is 2. The van der Waals surface area contributed by atoms with Crippen LogP contribution < -0.4 is 5.32 Å². The van der Waals surface area contributed by atoms with Crippen LogP contribution in [-0.2, 0) is 0 Å². The summed E-state index contributed by atoms with van der Waals surface area (Å²) in [7, 11) is 4.13. The number of unbranched alkanes of at least 4 members (excludes halogenated alkanes) is 1. The molecule has 0 radical (unpaired) electrons. The summed E-state index contributed by atoms with van der Waals surface area (Å²) in [5.41, 5.74) is 1.22. The van der Waals surface area contributed by atoms with Crippen molar-refractivity contribution in [1.29, 1.82) is 5.26 Å². The average molecular weight is 233 g/mol. The molecule has 0 aliphatic heterocycles. The Kier molecular flexibility index (Phi) is 5.37. The van der Waals surface area contributed by atoms with Gasteiger partial charge >= 0.3 is 0 Å². The molecule has 0 saturated carbocycles. The molecule has 1 aromatic heterocycles. The van der Waals surface area contributed by atoms with Crippen LogP contribution in [0, 0.1) is 18.3 Å². The lowest BCUT2D eigenvalue weighted by Gasteiger charge is -2.09. The number of hydrogen-bond acceptors (Lipinski definition) is 5. The predicted octanol–water partition coefficient (Wildman–Crippen LogP) is 1.41. The Labute approximate surface area is 102 Å². The van der Waals surface area contributed by atoms with Crippen LogP contribution in [0.2, 0.25) is 0 Å². The number of rotatable bonds is 6. The van der Waals surface area contributed by atoms with Crippen LogP contribution in [0.25, 0.3) is 0 Å². The van der Waals surface area contributed by atoms with Crippen molar-refractivity contribution < 1.29 is 0 Å². The number of nitrogens with one attached hydrogen (secondary N) is 1. The van der Waals surface area contributed by atoms with Crippen molar-refractivity contribution in [2.75, 3.05) is 32.5 Å². The minimum atomic E-state index is 0.410. The molecule has 0 aromatic carbocycles. The molecule has 0 aliphatic rings. The molecule has 1 aromatic rings. The van der Waals surface area contributed by atoms with E-state index in [0.29, 0.717) is 11.6 Å². The molecule has 0 bridgehead atoms. The van der Waals surface area contributed by atoms with Crippen LogP contribution >= 0.6 is 0 Å². The van der Waals surface area contributed by atoms with Gasteiger partial charge in [0, 0.05) is 12.2 Å². The second kappa shape index (κ2) is 6.81. The molecule has 0 amide bonds. The summed E-state index contributed by atoms with van der Waals surface area (Å²) < 4.78 is 0. The van der Waals surface area contributed by atoms with Crippen molar-refractivity contribution in [3.63, 3.8) is 0 Å². The van der Waals surface area contributed by atoms with Gasteiger partial charge in [-0.25, -0.2) is 9.97 Å². The first-order valence-corrected chi connectivity index (χ1v) is 5.76. The van der Waals surface area contributed by atoms with E-state index in [1.807, 2.05) is 13.0 Å². The highest BCUT2D eigenvalue weighted by molar-refractivity contribution is 5.32. The van der Waals surface area contributed by atoms with E-state index in [1.54, 1.807) is 6.07 Å². The standard InChI is InChI=1S/C12H19N5/c1-10-8-11(9-13)16-12(15-10)14-6-4-5-7-17(2)3/h8H,4-7H2,1-3H3,(H,14,15,16). The van der Waals surface area contributed by atoms with E-state index in [2.05, 4.69) is 34.3 Å². The van der Waals surface area contributed by atoms with E-state index in [-0.39, 0.29) is 0 Å². The zero-order valence-corrected chi connectivity index (χ0v) is 10.7. The Morgan fingerprint density at radius 2 is 2.12 bits per heavy atom. The molecule has 0 aliphatic carbocycles. The maximum absolute atomic E-state index is 8.78. The zero-order chi connectivity index (χ0) is 12.7. The maximum Gasteiger partial charge on any atom is 0.224 e. The van der Waals surface area contributed by atoms with Gasteiger partial charge in [0.1, 0.15) is 11.8 Å². The third-order valence-electron chi connectivity index (χ3n) is 2.28. The van der Waals surface area contributed by atoms with Gasteiger partial charge in [0.2, 0.25) is 5.95 Å². The van der Waals surface area contributed by atoms with Crippen LogP contribution in [0.5, 0.6) is 0 Å². The highest BCUT2D eigenvalue weighted by Crippen LogP contribution is 2.04. The molecule has 0 atom stereocenters. The molecule has 5 nitrogen and oxygen atoms in total. The number of anilines is 1. The highest BCUT2D eigenvalue weighted by atomic mass is 15.1. The van der Waals surface area contributed by atoms with Crippen molar-refractivity contribution in [3.8, 4) is 6.07 Å². The first kappa shape index (κ1) is 13.4. The Hall–Kier alpha value is -1.67. The Bertz CT molecular complexity index is 394. The second-order valence-corrected chi connectivity index (χ2v) is 4.27. The third kappa shape index (κ3) is 5.27. The van der Waals surface area contributed by atoms with Gasteiger partial charge in [-0.15, -0.1) is 0 Å². The fourth-order valence-corrected chi connectivity index (χ4v) is 1.46. The molecule has 17 heavy (non-hydrogen) atoms. The largest absolute Gasteiger partial charge is 0.354 e. The minimum Gasteiger partial charge on any atom is -0.354 e. The molecular formula is C12H19N5. The topological polar surface area (TPSA) is 64.8 Å². The van der Waals surface area contributed by atoms with Gasteiger partial charge in [0.05, 0.1) is 0 Å². The smallest absolute Gasteiger partial charge is 0.224 e. The Morgan fingerprint density at radius 1 is 1.35 bits per heavy atom. The van der Waals surface area contributed by atoms with Gasteiger partial charge in [-0.2, -0.15) is 5.26 Å². The summed E-state index contributed by atoms with van der Waals surface area (Å²) in [4.78, 5) is 10.5. The zero-order valence-electron chi connectivity index (χ0n) is 10.7. The number of hydrogen-bond donors (Lipinski definition) is 1. The molecule has 0 spiro atoms. The summed E-state index contributed by atoms with van der Waals surface area (Å²) in [6.45, 7) is 3.78. The maximum atomic E-state index is 8.78. The summed E-state index contributed by atoms with van der Waals surface area (Å²) in [6.07, 6.45) is 2.20. The van der Waals surface area contributed by atoms with Crippen molar-refractivity contribution in [1.82, 2.24) is 14.9 Å². The quantitative estimate of drug-likeness (QED) is 0.753. The molecular weight excluding hydrogens is 214 g/mol. The lowest BCUT2D eigenvalue weighted by atomic mass is 10.3. The van der Waals surface area contributed by atoms with Crippen LogP contribution in [0.1, 0.15) is 24.2 Å². The molecule has 0 unspecified atom stereocenters. The van der Waals surface area contributed by atoms with Crippen LogP contribution in [0.3, 0.4) is 0 Å². The predicted molar refractivity (Wildman–Crippen MR) is 67.8 cm³/mol. The fraction of sp³-hybridized carbons (Fsp3) is 0.583. The highest BCUT2D eigenvalue weighted by Gasteiger charge is 2.00. The molecule has 1 N–H and O–H groups in total. The third-order valence-corrected chi connectivity index (χ3v) is 2.28. The lowest BCUT2D eigenvalue weighted by Crippen LogP contribution is -2.14. The molecule has 1 rings (SSSR count). The molecule has 0 saturated heterocycles. The van der Waals surface area contributed by atoms with Gasteiger partial charge < -0.3 is 10.2 Å². The van der Waals surface area contributed by atoms with Gasteiger partial charge in [0.25, 0.3) is 0 Å². The normalized spacial score (nSPS) is 10.3. The molecule has 0 fully saturated rings.